The first-order valence-corrected chi connectivity index (χ1v) is 11.1. The average molecular weight is 355 g/mol. The Morgan fingerprint density at radius 1 is 0.880 bits per heavy atom. The standard InChI is InChI=1S/C17H28O2.3C2H6/c1-10-14-9-12-5-7-17(3,4)8-6-13(12)16(18)15(14)11(2)19-10;3*1-2/h10-15H,5-9H2,1-4H3;3*1-2H3. The first kappa shape index (κ1) is 24.6. The van der Waals surface area contributed by atoms with Crippen molar-refractivity contribution in [1.82, 2.24) is 0 Å². The van der Waals surface area contributed by atoms with Crippen molar-refractivity contribution in [2.24, 2.45) is 29.1 Å². The number of ether oxygens (including phenoxy) is 1. The van der Waals surface area contributed by atoms with E-state index in [1.54, 1.807) is 0 Å². The molecule has 0 radical (unpaired) electrons. The Balaban J connectivity index is 0.000000871. The second-order valence-corrected chi connectivity index (χ2v) is 7.98. The number of Topliss-reactive ketones (excluding diaryl/α,β-unsaturated/α-hetero) is 1. The van der Waals surface area contributed by atoms with Gasteiger partial charge >= 0.3 is 0 Å². The molecule has 0 spiro atoms. The van der Waals surface area contributed by atoms with Crippen molar-refractivity contribution < 1.29 is 9.53 Å². The van der Waals surface area contributed by atoms with E-state index >= 15 is 0 Å². The summed E-state index contributed by atoms with van der Waals surface area (Å²) in [5.74, 6) is 2.18. The minimum atomic E-state index is 0.143. The zero-order chi connectivity index (χ0) is 19.8. The van der Waals surface area contributed by atoms with Gasteiger partial charge in [-0.25, -0.2) is 0 Å². The van der Waals surface area contributed by atoms with Crippen molar-refractivity contribution in [2.75, 3.05) is 0 Å². The van der Waals surface area contributed by atoms with Crippen molar-refractivity contribution in [3.63, 3.8) is 0 Å². The van der Waals surface area contributed by atoms with E-state index in [1.165, 1.54) is 25.7 Å². The fourth-order valence-corrected chi connectivity index (χ4v) is 4.88. The summed E-state index contributed by atoms with van der Waals surface area (Å²) in [4.78, 5) is 12.9. The number of carbonyl (C=O) groups excluding carboxylic acids is 1. The van der Waals surface area contributed by atoms with Crippen LogP contribution in [0.4, 0.5) is 0 Å². The van der Waals surface area contributed by atoms with Gasteiger partial charge in [0.2, 0.25) is 0 Å². The zero-order valence-corrected chi connectivity index (χ0v) is 18.8. The monoisotopic (exact) mass is 354 g/mol. The summed E-state index contributed by atoms with van der Waals surface area (Å²) in [5, 5.41) is 0. The van der Waals surface area contributed by atoms with Crippen molar-refractivity contribution in [2.45, 2.75) is 114 Å². The third-order valence-corrected chi connectivity index (χ3v) is 6.16. The number of fused-ring (bicyclic) bond motifs is 2. The average Bonchev–Trinajstić information content (AvgIpc) is 2.81. The summed E-state index contributed by atoms with van der Waals surface area (Å²) in [6.45, 7) is 21.0. The molecule has 0 bridgehead atoms. The van der Waals surface area contributed by atoms with Crippen LogP contribution in [0.5, 0.6) is 0 Å². The van der Waals surface area contributed by atoms with Crippen LogP contribution in [-0.4, -0.2) is 18.0 Å². The molecular formula is C23H46O2. The maximum absolute atomic E-state index is 12.9. The van der Waals surface area contributed by atoms with Crippen LogP contribution in [0.1, 0.15) is 101 Å². The molecule has 0 aromatic carbocycles. The highest BCUT2D eigenvalue weighted by Gasteiger charge is 2.52. The van der Waals surface area contributed by atoms with E-state index in [-0.39, 0.29) is 18.1 Å². The molecule has 2 saturated carbocycles. The van der Waals surface area contributed by atoms with Crippen LogP contribution in [-0.2, 0) is 9.53 Å². The minimum Gasteiger partial charge on any atom is -0.374 e. The molecule has 150 valence electrons. The molecule has 1 saturated heterocycles. The van der Waals surface area contributed by atoms with E-state index in [2.05, 4.69) is 27.7 Å². The highest BCUT2D eigenvalue weighted by Crippen LogP contribution is 2.50. The molecule has 0 amide bonds. The van der Waals surface area contributed by atoms with Gasteiger partial charge in [0.05, 0.1) is 12.2 Å². The maximum atomic E-state index is 12.9. The molecule has 2 aliphatic carbocycles. The van der Waals surface area contributed by atoms with Gasteiger partial charge in [-0.1, -0.05) is 55.4 Å². The van der Waals surface area contributed by atoms with E-state index in [1.807, 2.05) is 41.5 Å². The van der Waals surface area contributed by atoms with E-state index in [0.717, 1.165) is 6.42 Å². The minimum absolute atomic E-state index is 0.143. The topological polar surface area (TPSA) is 26.3 Å². The van der Waals surface area contributed by atoms with E-state index in [4.69, 9.17) is 4.74 Å². The van der Waals surface area contributed by atoms with Gasteiger partial charge in [-0.15, -0.1) is 0 Å². The normalized spacial score (nSPS) is 38.2. The quantitative estimate of drug-likeness (QED) is 0.472. The van der Waals surface area contributed by atoms with Crippen LogP contribution < -0.4 is 0 Å². The van der Waals surface area contributed by atoms with E-state index < -0.39 is 0 Å². The van der Waals surface area contributed by atoms with E-state index in [9.17, 15) is 4.79 Å². The van der Waals surface area contributed by atoms with Crippen LogP contribution in [0.15, 0.2) is 0 Å². The molecule has 3 rings (SSSR count). The van der Waals surface area contributed by atoms with Crippen LogP contribution >= 0.6 is 0 Å². The molecule has 1 aliphatic heterocycles. The molecule has 2 heteroatoms. The fraction of sp³-hybridized carbons (Fsp3) is 0.957. The number of carbonyl (C=O) groups is 1. The lowest BCUT2D eigenvalue weighted by atomic mass is 9.64. The van der Waals surface area contributed by atoms with Crippen molar-refractivity contribution in [3.8, 4) is 0 Å². The second kappa shape index (κ2) is 11.4. The van der Waals surface area contributed by atoms with Gasteiger partial charge in [-0.2, -0.15) is 0 Å². The summed E-state index contributed by atoms with van der Waals surface area (Å²) in [6, 6.07) is 0. The zero-order valence-electron chi connectivity index (χ0n) is 18.8. The van der Waals surface area contributed by atoms with Gasteiger partial charge in [0.25, 0.3) is 0 Å². The number of rotatable bonds is 0. The molecule has 0 aromatic heterocycles. The van der Waals surface area contributed by atoms with Gasteiger partial charge in [0.15, 0.2) is 0 Å². The Morgan fingerprint density at radius 3 is 1.96 bits per heavy atom. The largest absolute Gasteiger partial charge is 0.374 e. The number of hydrogen-bond donors (Lipinski definition) is 0. The van der Waals surface area contributed by atoms with Crippen LogP contribution in [0, 0.1) is 29.1 Å². The SMILES string of the molecule is CC.CC.CC.CC1OC(C)C2C(=O)C3CCC(C)(C)CCC3CC12. The predicted molar refractivity (Wildman–Crippen MR) is 110 cm³/mol. The lowest BCUT2D eigenvalue weighted by molar-refractivity contribution is -0.134. The fourth-order valence-electron chi connectivity index (χ4n) is 4.88. The summed E-state index contributed by atoms with van der Waals surface area (Å²) in [6.07, 6.45) is 6.49. The molecule has 3 aliphatic rings. The molecule has 25 heavy (non-hydrogen) atoms. The van der Waals surface area contributed by atoms with Gasteiger partial charge in [0, 0.05) is 11.8 Å². The highest BCUT2D eigenvalue weighted by atomic mass is 16.5. The van der Waals surface area contributed by atoms with Gasteiger partial charge < -0.3 is 4.74 Å². The Kier molecular flexibility index (Phi) is 11.2. The third kappa shape index (κ3) is 5.81. The predicted octanol–water partition coefficient (Wildman–Crippen LogP) is 6.91. The van der Waals surface area contributed by atoms with Crippen LogP contribution in [0.25, 0.3) is 0 Å². The summed E-state index contributed by atoms with van der Waals surface area (Å²) < 4.78 is 5.94. The second-order valence-electron chi connectivity index (χ2n) is 7.98. The lowest BCUT2D eigenvalue weighted by Gasteiger charge is -2.37. The van der Waals surface area contributed by atoms with Gasteiger partial charge in [0.1, 0.15) is 5.78 Å². The van der Waals surface area contributed by atoms with Crippen molar-refractivity contribution in [3.05, 3.63) is 0 Å². The number of hydrogen-bond acceptors (Lipinski definition) is 2. The molecule has 3 fully saturated rings. The highest BCUT2D eigenvalue weighted by molar-refractivity contribution is 5.85. The maximum Gasteiger partial charge on any atom is 0.142 e. The molecule has 6 unspecified atom stereocenters. The Bertz CT molecular complexity index is 374. The Morgan fingerprint density at radius 2 is 1.40 bits per heavy atom. The lowest BCUT2D eigenvalue weighted by Crippen LogP contribution is -2.42. The van der Waals surface area contributed by atoms with Gasteiger partial charge in [-0.05, 0) is 63.2 Å². The molecule has 2 nitrogen and oxygen atoms in total. The Hall–Kier alpha value is -0.370. The van der Waals surface area contributed by atoms with Gasteiger partial charge in [-0.3, -0.25) is 4.79 Å². The smallest absolute Gasteiger partial charge is 0.142 e. The summed E-state index contributed by atoms with van der Waals surface area (Å²) >= 11 is 0. The summed E-state index contributed by atoms with van der Waals surface area (Å²) in [5.41, 5.74) is 0.431. The molecule has 6 atom stereocenters. The first-order chi connectivity index (χ1) is 11.9. The first-order valence-electron chi connectivity index (χ1n) is 11.1. The van der Waals surface area contributed by atoms with Crippen LogP contribution in [0.2, 0.25) is 0 Å². The molecule has 1 heterocycles. The van der Waals surface area contributed by atoms with Crippen molar-refractivity contribution in [1.29, 1.82) is 0 Å². The summed E-state index contributed by atoms with van der Waals surface area (Å²) in [7, 11) is 0. The van der Waals surface area contributed by atoms with Crippen molar-refractivity contribution >= 4 is 5.78 Å². The van der Waals surface area contributed by atoms with Crippen LogP contribution in [0.3, 0.4) is 0 Å². The number of ketones is 1. The Labute approximate surface area is 158 Å². The third-order valence-electron chi connectivity index (χ3n) is 6.16. The molecule has 0 aromatic rings. The molecular weight excluding hydrogens is 308 g/mol. The van der Waals surface area contributed by atoms with E-state index in [0.29, 0.717) is 29.0 Å². The molecule has 0 N–H and O–H groups in total.